The van der Waals surface area contributed by atoms with Gasteiger partial charge in [0.25, 0.3) is 11.5 Å². The van der Waals surface area contributed by atoms with Crippen molar-refractivity contribution < 1.29 is 24.6 Å². The Kier molecular flexibility index (Phi) is 5.68. The first kappa shape index (κ1) is 18.6. The van der Waals surface area contributed by atoms with E-state index in [1.165, 1.54) is 0 Å². The van der Waals surface area contributed by atoms with Crippen molar-refractivity contribution in [3.8, 4) is 11.4 Å². The van der Waals surface area contributed by atoms with E-state index in [1.54, 1.807) is 18.2 Å². The monoisotopic (exact) mass is 360 g/mol. The number of hydrogen-bond acceptors (Lipinski definition) is 6. The molecule has 0 saturated heterocycles. The fourth-order valence-electron chi connectivity index (χ4n) is 2.03. The second-order valence-electron chi connectivity index (χ2n) is 5.32. The molecular weight excluding hydrogens is 344 g/mol. The zero-order valence-corrected chi connectivity index (χ0v) is 13.7. The number of nitrogens with one attached hydrogen (secondary N) is 2. The van der Waals surface area contributed by atoms with E-state index in [0.29, 0.717) is 5.69 Å². The molecule has 0 spiro atoms. The highest BCUT2D eigenvalue weighted by Gasteiger charge is 2.17. The number of carbonyl (C=O) groups excluding carboxylic acids is 2. The lowest BCUT2D eigenvalue weighted by molar-refractivity contribution is -0.137. The van der Waals surface area contributed by atoms with Crippen molar-refractivity contribution >= 4 is 17.8 Å². The summed E-state index contributed by atoms with van der Waals surface area (Å²) in [5.41, 5.74) is 0.189. The molecule has 2 amide bonds. The number of aryl methyl sites for hydroxylation is 1. The highest BCUT2D eigenvalue weighted by molar-refractivity contribution is 5.97. The minimum absolute atomic E-state index is 0.406. The van der Waals surface area contributed by atoms with E-state index in [0.717, 1.165) is 16.3 Å². The Morgan fingerprint density at radius 1 is 1.15 bits per heavy atom. The average Bonchev–Trinajstić information content (AvgIpc) is 2.58. The normalized spacial score (nSPS) is 10.2. The third kappa shape index (κ3) is 4.66. The molecule has 10 nitrogen and oxygen atoms in total. The van der Waals surface area contributed by atoms with Crippen molar-refractivity contribution in [1.82, 2.24) is 20.4 Å². The van der Waals surface area contributed by atoms with Crippen molar-refractivity contribution in [3.63, 3.8) is 0 Å². The van der Waals surface area contributed by atoms with Gasteiger partial charge in [0.2, 0.25) is 5.91 Å². The zero-order chi connectivity index (χ0) is 19.3. The van der Waals surface area contributed by atoms with Crippen LogP contribution in [0.4, 0.5) is 0 Å². The van der Waals surface area contributed by atoms with Crippen molar-refractivity contribution in [1.29, 1.82) is 0 Å². The third-order valence-corrected chi connectivity index (χ3v) is 3.22. The van der Waals surface area contributed by atoms with Gasteiger partial charge in [-0.25, -0.2) is 0 Å². The molecule has 0 bridgehead atoms. The van der Waals surface area contributed by atoms with Crippen LogP contribution in [-0.4, -0.2) is 50.9 Å². The van der Waals surface area contributed by atoms with Gasteiger partial charge >= 0.3 is 5.97 Å². The number of aromatic hydroxyl groups is 1. The molecule has 136 valence electrons. The second-order valence-corrected chi connectivity index (χ2v) is 5.32. The van der Waals surface area contributed by atoms with Crippen LogP contribution in [0.2, 0.25) is 0 Å². The number of benzene rings is 1. The highest BCUT2D eigenvalue weighted by Crippen LogP contribution is 2.13. The molecule has 2 aromatic rings. The van der Waals surface area contributed by atoms with Crippen LogP contribution in [0.5, 0.6) is 5.75 Å². The summed E-state index contributed by atoms with van der Waals surface area (Å²) in [4.78, 5) is 45.9. The van der Waals surface area contributed by atoms with Gasteiger partial charge in [-0.3, -0.25) is 19.2 Å². The Morgan fingerprint density at radius 3 is 2.54 bits per heavy atom. The van der Waals surface area contributed by atoms with E-state index in [9.17, 15) is 24.3 Å². The molecular formula is C16H16N4O6. The summed E-state index contributed by atoms with van der Waals surface area (Å²) in [5.74, 6) is -3.49. The van der Waals surface area contributed by atoms with Crippen molar-refractivity contribution in [2.24, 2.45) is 0 Å². The van der Waals surface area contributed by atoms with Gasteiger partial charge in [-0.05, 0) is 24.6 Å². The molecule has 0 aliphatic carbocycles. The first-order chi connectivity index (χ1) is 12.3. The number of carboxylic acids is 1. The molecule has 1 aromatic heterocycles. The van der Waals surface area contributed by atoms with E-state index < -0.39 is 47.9 Å². The summed E-state index contributed by atoms with van der Waals surface area (Å²) in [6, 6.07) is 7.65. The molecule has 0 saturated carbocycles. The minimum Gasteiger partial charge on any atom is -0.505 e. The Labute approximate surface area is 147 Å². The van der Waals surface area contributed by atoms with Gasteiger partial charge < -0.3 is 20.8 Å². The first-order valence-corrected chi connectivity index (χ1v) is 7.45. The van der Waals surface area contributed by atoms with Crippen LogP contribution in [0.1, 0.15) is 16.1 Å². The maximum Gasteiger partial charge on any atom is 0.322 e. The van der Waals surface area contributed by atoms with Gasteiger partial charge in [-0.1, -0.05) is 12.1 Å². The Balaban J connectivity index is 2.20. The number of hydrogen-bond donors (Lipinski definition) is 4. The number of amides is 2. The predicted octanol–water partition coefficient (Wildman–Crippen LogP) is -0.823. The van der Waals surface area contributed by atoms with Gasteiger partial charge in [0, 0.05) is 6.07 Å². The topological polar surface area (TPSA) is 151 Å². The molecule has 1 heterocycles. The van der Waals surface area contributed by atoms with Crippen LogP contribution in [0.15, 0.2) is 35.1 Å². The smallest absolute Gasteiger partial charge is 0.322 e. The van der Waals surface area contributed by atoms with Crippen LogP contribution < -0.4 is 16.2 Å². The van der Waals surface area contributed by atoms with E-state index >= 15 is 0 Å². The zero-order valence-electron chi connectivity index (χ0n) is 13.7. The SMILES string of the molecule is Cc1cccc(-n2nc(C(=O)NCC(=O)NCC(=O)O)c(O)cc2=O)c1. The molecule has 0 radical (unpaired) electrons. The standard InChI is InChI=1S/C16H16N4O6/c1-9-3-2-4-10(5-9)20-13(23)6-11(21)15(19-20)16(26)18-7-12(22)17-8-14(24)25/h2-6,21H,7-8H2,1H3,(H,17,22)(H,18,26)(H,24,25). The minimum atomic E-state index is -1.23. The molecule has 0 atom stereocenters. The summed E-state index contributed by atoms with van der Waals surface area (Å²) < 4.78 is 0.951. The predicted molar refractivity (Wildman–Crippen MR) is 89.2 cm³/mol. The number of rotatable bonds is 6. The third-order valence-electron chi connectivity index (χ3n) is 3.22. The number of carbonyl (C=O) groups is 3. The molecule has 0 aliphatic rings. The Hall–Kier alpha value is -3.69. The van der Waals surface area contributed by atoms with Crippen molar-refractivity contribution in [2.45, 2.75) is 6.92 Å². The van der Waals surface area contributed by atoms with Gasteiger partial charge in [0.1, 0.15) is 6.54 Å². The summed E-state index contributed by atoms with van der Waals surface area (Å²) in [6.45, 7) is 0.714. The molecule has 10 heteroatoms. The molecule has 4 N–H and O–H groups in total. The lowest BCUT2D eigenvalue weighted by Gasteiger charge is -2.10. The quantitative estimate of drug-likeness (QED) is 0.525. The second kappa shape index (κ2) is 7.92. The van der Waals surface area contributed by atoms with Gasteiger partial charge in [0.15, 0.2) is 11.4 Å². The van der Waals surface area contributed by atoms with Crippen molar-refractivity contribution in [2.75, 3.05) is 13.1 Å². The number of carboxylic acid groups (broad SMARTS) is 1. The fraction of sp³-hybridized carbons (Fsp3) is 0.188. The lowest BCUT2D eigenvalue weighted by atomic mass is 10.2. The first-order valence-electron chi connectivity index (χ1n) is 7.45. The highest BCUT2D eigenvalue weighted by atomic mass is 16.4. The van der Waals surface area contributed by atoms with Crippen LogP contribution >= 0.6 is 0 Å². The van der Waals surface area contributed by atoms with Gasteiger partial charge in [0.05, 0.1) is 12.2 Å². The van der Waals surface area contributed by atoms with Crippen LogP contribution in [0.3, 0.4) is 0 Å². The molecule has 0 aliphatic heterocycles. The fourth-order valence-corrected chi connectivity index (χ4v) is 2.03. The molecule has 2 rings (SSSR count). The maximum atomic E-state index is 12.1. The summed E-state index contributed by atoms with van der Waals surface area (Å²) in [5, 5.41) is 26.4. The van der Waals surface area contributed by atoms with E-state index in [-0.39, 0.29) is 0 Å². The lowest BCUT2D eigenvalue weighted by Crippen LogP contribution is -2.39. The summed E-state index contributed by atoms with van der Waals surface area (Å²) in [6.07, 6.45) is 0. The molecule has 0 fully saturated rings. The van der Waals surface area contributed by atoms with Gasteiger partial charge in [-0.2, -0.15) is 9.78 Å². The Morgan fingerprint density at radius 2 is 1.88 bits per heavy atom. The number of aliphatic carboxylic acids is 1. The van der Waals surface area contributed by atoms with Crippen LogP contribution in [0, 0.1) is 6.92 Å². The molecule has 1 aromatic carbocycles. The summed E-state index contributed by atoms with van der Waals surface area (Å²) in [7, 11) is 0. The molecule has 0 unspecified atom stereocenters. The largest absolute Gasteiger partial charge is 0.505 e. The number of aromatic nitrogens is 2. The summed E-state index contributed by atoms with van der Waals surface area (Å²) >= 11 is 0. The van der Waals surface area contributed by atoms with Crippen LogP contribution in [0.25, 0.3) is 5.69 Å². The molecule has 26 heavy (non-hydrogen) atoms. The average molecular weight is 360 g/mol. The Bertz CT molecular complexity index is 921. The van der Waals surface area contributed by atoms with Gasteiger partial charge in [-0.15, -0.1) is 0 Å². The van der Waals surface area contributed by atoms with E-state index in [4.69, 9.17) is 5.11 Å². The number of nitrogens with zero attached hydrogens (tertiary/aromatic N) is 2. The van der Waals surface area contributed by atoms with E-state index in [1.807, 2.05) is 13.0 Å². The van der Waals surface area contributed by atoms with E-state index in [2.05, 4.69) is 15.7 Å². The van der Waals surface area contributed by atoms with Crippen LogP contribution in [-0.2, 0) is 9.59 Å². The van der Waals surface area contributed by atoms with Crippen molar-refractivity contribution in [3.05, 3.63) is 51.9 Å². The maximum absolute atomic E-state index is 12.1.